The fourth-order valence-corrected chi connectivity index (χ4v) is 2.18. The van der Waals surface area contributed by atoms with Crippen LogP contribution in [0.4, 0.5) is 18.2 Å². The molecule has 0 fully saturated rings. The Bertz CT molecular complexity index is 548. The first-order valence-corrected chi connectivity index (χ1v) is 5.76. The molecule has 2 aromatic rings. The van der Waals surface area contributed by atoms with Gasteiger partial charge in [0.15, 0.2) is 0 Å². The molecule has 0 saturated heterocycles. The van der Waals surface area contributed by atoms with Gasteiger partial charge in [-0.1, -0.05) is 0 Å². The van der Waals surface area contributed by atoms with Crippen molar-refractivity contribution in [2.75, 3.05) is 5.73 Å². The van der Waals surface area contributed by atoms with E-state index in [2.05, 4.69) is 9.72 Å². The Balaban J connectivity index is 2.25. The number of nitrogen functional groups attached to an aromatic ring is 1. The minimum atomic E-state index is -4.68. The van der Waals surface area contributed by atoms with Gasteiger partial charge in [0.1, 0.15) is 16.4 Å². The minimum absolute atomic E-state index is 0.267. The Morgan fingerprint density at radius 1 is 1.22 bits per heavy atom. The highest BCUT2D eigenvalue weighted by Crippen LogP contribution is 2.32. The normalized spacial score (nSPS) is 11.6. The van der Waals surface area contributed by atoms with E-state index < -0.39 is 6.36 Å². The van der Waals surface area contributed by atoms with E-state index in [0.29, 0.717) is 16.3 Å². The molecule has 1 aromatic carbocycles. The fraction of sp³-hybridized carbons (Fsp3) is 0.182. The first kappa shape index (κ1) is 12.7. The van der Waals surface area contributed by atoms with Gasteiger partial charge in [0.25, 0.3) is 0 Å². The number of hydrogen-bond acceptors (Lipinski definition) is 4. The molecule has 2 N–H and O–H groups in total. The van der Waals surface area contributed by atoms with E-state index in [-0.39, 0.29) is 5.75 Å². The van der Waals surface area contributed by atoms with Crippen LogP contribution in [-0.4, -0.2) is 11.3 Å². The Labute approximate surface area is 105 Å². The molecule has 2 rings (SSSR count). The van der Waals surface area contributed by atoms with E-state index in [1.165, 1.54) is 35.6 Å². The lowest BCUT2D eigenvalue weighted by Gasteiger charge is -2.08. The molecule has 7 heteroatoms. The van der Waals surface area contributed by atoms with Crippen LogP contribution in [0.1, 0.15) is 5.01 Å². The van der Waals surface area contributed by atoms with Gasteiger partial charge in [-0.05, 0) is 31.2 Å². The van der Waals surface area contributed by atoms with Gasteiger partial charge in [0, 0.05) is 5.56 Å². The molecule has 0 amide bonds. The van der Waals surface area contributed by atoms with E-state index >= 15 is 0 Å². The van der Waals surface area contributed by atoms with Crippen LogP contribution in [0.15, 0.2) is 24.3 Å². The summed E-state index contributed by atoms with van der Waals surface area (Å²) in [5, 5.41) is 1.34. The smallest absolute Gasteiger partial charge is 0.406 e. The number of rotatable bonds is 2. The largest absolute Gasteiger partial charge is 0.573 e. The maximum atomic E-state index is 12.0. The standard InChI is InChI=1S/C11H9F3N2OS/c1-6-16-9(10(15)18-6)7-2-4-8(5-3-7)17-11(12,13)14/h2-5H,15H2,1H3. The number of nitrogens with zero attached hydrogens (tertiary/aromatic N) is 1. The Morgan fingerprint density at radius 2 is 1.83 bits per heavy atom. The molecular formula is C11H9F3N2OS. The SMILES string of the molecule is Cc1nc(-c2ccc(OC(F)(F)F)cc2)c(N)s1. The number of aryl methyl sites for hydroxylation is 1. The molecule has 0 spiro atoms. The van der Waals surface area contributed by atoms with Gasteiger partial charge in [-0.25, -0.2) is 4.98 Å². The zero-order valence-corrected chi connectivity index (χ0v) is 10.1. The second-order valence-corrected chi connectivity index (χ2v) is 4.75. The molecule has 0 bridgehead atoms. The van der Waals surface area contributed by atoms with Crippen LogP contribution in [0.5, 0.6) is 5.75 Å². The summed E-state index contributed by atoms with van der Waals surface area (Å²) in [6.07, 6.45) is -4.68. The van der Waals surface area contributed by atoms with Crippen LogP contribution in [0.3, 0.4) is 0 Å². The number of nitrogens with two attached hydrogens (primary N) is 1. The van der Waals surface area contributed by atoms with Crippen molar-refractivity contribution in [3.63, 3.8) is 0 Å². The molecule has 0 aliphatic heterocycles. The van der Waals surface area contributed by atoms with Crippen molar-refractivity contribution in [1.82, 2.24) is 4.98 Å². The number of benzene rings is 1. The molecule has 18 heavy (non-hydrogen) atoms. The van der Waals surface area contributed by atoms with Crippen molar-refractivity contribution in [2.24, 2.45) is 0 Å². The first-order chi connectivity index (χ1) is 8.35. The molecule has 96 valence electrons. The van der Waals surface area contributed by atoms with Crippen LogP contribution in [0.2, 0.25) is 0 Å². The van der Waals surface area contributed by atoms with E-state index in [9.17, 15) is 13.2 Å². The number of ether oxygens (including phenoxy) is 1. The maximum absolute atomic E-state index is 12.0. The monoisotopic (exact) mass is 274 g/mol. The summed E-state index contributed by atoms with van der Waals surface area (Å²) in [6.45, 7) is 1.81. The third-order valence-corrected chi connectivity index (χ3v) is 2.92. The van der Waals surface area contributed by atoms with Crippen LogP contribution in [-0.2, 0) is 0 Å². The van der Waals surface area contributed by atoms with Crippen molar-refractivity contribution in [2.45, 2.75) is 13.3 Å². The summed E-state index contributed by atoms with van der Waals surface area (Å²) >= 11 is 1.33. The van der Waals surface area contributed by atoms with Crippen molar-refractivity contribution >= 4 is 16.3 Å². The Kier molecular flexibility index (Phi) is 3.16. The predicted molar refractivity (Wildman–Crippen MR) is 63.4 cm³/mol. The molecule has 0 aliphatic carbocycles. The van der Waals surface area contributed by atoms with Gasteiger partial charge < -0.3 is 10.5 Å². The third-order valence-electron chi connectivity index (χ3n) is 2.12. The lowest BCUT2D eigenvalue weighted by atomic mass is 10.1. The number of hydrogen-bond donors (Lipinski definition) is 1. The van der Waals surface area contributed by atoms with E-state index in [1.54, 1.807) is 0 Å². The van der Waals surface area contributed by atoms with Crippen LogP contribution in [0, 0.1) is 6.92 Å². The number of aromatic nitrogens is 1. The molecule has 1 heterocycles. The van der Waals surface area contributed by atoms with Crippen molar-refractivity contribution in [1.29, 1.82) is 0 Å². The summed E-state index contributed by atoms with van der Waals surface area (Å²) in [4.78, 5) is 4.22. The van der Waals surface area contributed by atoms with Crippen LogP contribution in [0.25, 0.3) is 11.3 Å². The Morgan fingerprint density at radius 3 is 2.28 bits per heavy atom. The number of anilines is 1. The molecule has 0 saturated carbocycles. The van der Waals surface area contributed by atoms with Crippen molar-refractivity contribution < 1.29 is 17.9 Å². The lowest BCUT2D eigenvalue weighted by molar-refractivity contribution is -0.274. The molecule has 0 radical (unpaired) electrons. The van der Waals surface area contributed by atoms with Gasteiger partial charge in [0.2, 0.25) is 0 Å². The predicted octanol–water partition coefficient (Wildman–Crippen LogP) is 3.60. The van der Waals surface area contributed by atoms with Gasteiger partial charge in [-0.3, -0.25) is 0 Å². The molecule has 0 aliphatic rings. The summed E-state index contributed by atoms with van der Waals surface area (Å²) < 4.78 is 39.7. The van der Waals surface area contributed by atoms with Crippen LogP contribution >= 0.6 is 11.3 Å². The summed E-state index contributed by atoms with van der Waals surface area (Å²) in [6, 6.07) is 5.45. The van der Waals surface area contributed by atoms with Gasteiger partial charge >= 0.3 is 6.36 Å². The molecule has 3 nitrogen and oxygen atoms in total. The van der Waals surface area contributed by atoms with E-state index in [4.69, 9.17) is 5.73 Å². The highest BCUT2D eigenvalue weighted by Gasteiger charge is 2.31. The van der Waals surface area contributed by atoms with Gasteiger partial charge in [-0.2, -0.15) is 0 Å². The van der Waals surface area contributed by atoms with Crippen molar-refractivity contribution in [3.8, 4) is 17.0 Å². The number of alkyl halides is 3. The molecule has 0 unspecified atom stereocenters. The van der Waals surface area contributed by atoms with Gasteiger partial charge in [0.05, 0.1) is 5.01 Å². The summed E-state index contributed by atoms with van der Waals surface area (Å²) in [5.74, 6) is -0.267. The average Bonchev–Trinajstić information content (AvgIpc) is 2.57. The summed E-state index contributed by atoms with van der Waals surface area (Å²) in [5.41, 5.74) is 7.00. The Hall–Kier alpha value is -1.76. The quantitative estimate of drug-likeness (QED) is 0.910. The minimum Gasteiger partial charge on any atom is -0.406 e. The second-order valence-electron chi connectivity index (χ2n) is 3.52. The zero-order valence-electron chi connectivity index (χ0n) is 9.28. The van der Waals surface area contributed by atoms with Gasteiger partial charge in [-0.15, -0.1) is 24.5 Å². The topological polar surface area (TPSA) is 48.1 Å². The fourth-order valence-electron chi connectivity index (χ4n) is 1.46. The molecule has 1 aromatic heterocycles. The highest BCUT2D eigenvalue weighted by molar-refractivity contribution is 7.16. The average molecular weight is 274 g/mol. The maximum Gasteiger partial charge on any atom is 0.573 e. The van der Waals surface area contributed by atoms with Crippen molar-refractivity contribution in [3.05, 3.63) is 29.3 Å². The zero-order chi connectivity index (χ0) is 13.3. The third kappa shape index (κ3) is 2.92. The summed E-state index contributed by atoms with van der Waals surface area (Å²) in [7, 11) is 0. The van der Waals surface area contributed by atoms with Crippen LogP contribution < -0.4 is 10.5 Å². The highest BCUT2D eigenvalue weighted by atomic mass is 32.1. The van der Waals surface area contributed by atoms with E-state index in [1.807, 2.05) is 6.92 Å². The lowest BCUT2D eigenvalue weighted by Crippen LogP contribution is -2.16. The molecular weight excluding hydrogens is 265 g/mol. The number of halogens is 3. The number of thiazole rings is 1. The first-order valence-electron chi connectivity index (χ1n) is 4.94. The van der Waals surface area contributed by atoms with E-state index in [0.717, 1.165) is 5.01 Å². The second kappa shape index (κ2) is 4.49. The molecule has 0 atom stereocenters.